The molecule has 2 aromatic rings. The molecular weight excluding hydrogens is 553 g/mol. The maximum Gasteiger partial charge on any atom is 0.416 e. The fourth-order valence-electron chi connectivity index (χ4n) is 5.63. The average molecular weight is 589 g/mol. The molecular formula is C27H36ClF3N4O3S. The second kappa shape index (κ2) is 11.9. The number of nitrogens with zero attached hydrogens (tertiary/aromatic N) is 4. The molecule has 5 atom stereocenters. The quantitative estimate of drug-likeness (QED) is 0.312. The highest BCUT2D eigenvalue weighted by Gasteiger charge is 2.63. The largest absolute Gasteiger partial charge is 0.491 e. The fraction of sp³-hybridized carbons (Fsp3) is 0.630. The average Bonchev–Trinajstić information content (AvgIpc) is 3.48. The number of piperidine rings is 1. The third kappa shape index (κ3) is 6.69. The van der Waals surface area contributed by atoms with Gasteiger partial charge in [-0.15, -0.1) is 0 Å². The first-order chi connectivity index (χ1) is 18.4. The van der Waals surface area contributed by atoms with Crippen LogP contribution in [0.5, 0.6) is 5.75 Å². The van der Waals surface area contributed by atoms with Crippen LogP contribution in [0.25, 0.3) is 0 Å². The Balaban J connectivity index is 1.71. The van der Waals surface area contributed by atoms with E-state index in [1.807, 2.05) is 30.0 Å². The summed E-state index contributed by atoms with van der Waals surface area (Å²) in [5.41, 5.74) is -0.724. The zero-order valence-electron chi connectivity index (χ0n) is 22.9. The topological polar surface area (TPSA) is 67.8 Å². The molecule has 2 aliphatic rings. The highest BCUT2D eigenvalue weighted by molar-refractivity contribution is 7.77. The predicted octanol–water partition coefficient (Wildman–Crippen LogP) is 6.58. The Kier molecular flexibility index (Phi) is 9.15. The van der Waals surface area contributed by atoms with Crippen molar-refractivity contribution in [3.05, 3.63) is 46.7 Å². The summed E-state index contributed by atoms with van der Waals surface area (Å²) in [5, 5.41) is 0.0159. The molecule has 7 nitrogen and oxygen atoms in total. The van der Waals surface area contributed by atoms with Crippen molar-refractivity contribution in [3.8, 4) is 5.75 Å². The monoisotopic (exact) mass is 588 g/mol. The van der Waals surface area contributed by atoms with Crippen LogP contribution in [0.15, 0.2) is 30.6 Å². The summed E-state index contributed by atoms with van der Waals surface area (Å²) in [6.45, 7) is 10.4. The minimum Gasteiger partial charge on any atom is -0.491 e. The third-order valence-electron chi connectivity index (χ3n) is 7.49. The number of anilines is 1. The van der Waals surface area contributed by atoms with E-state index in [1.54, 1.807) is 18.5 Å². The Hall–Kier alpha value is -1.95. The van der Waals surface area contributed by atoms with Crippen molar-refractivity contribution >= 4 is 28.8 Å². The van der Waals surface area contributed by atoms with Crippen molar-refractivity contribution in [1.29, 1.82) is 0 Å². The van der Waals surface area contributed by atoms with E-state index in [9.17, 15) is 17.4 Å². The van der Waals surface area contributed by atoms with Gasteiger partial charge in [-0.25, -0.2) is 14.2 Å². The lowest BCUT2D eigenvalue weighted by molar-refractivity contribution is -0.137. The molecule has 0 N–H and O–H groups in total. The van der Waals surface area contributed by atoms with Crippen molar-refractivity contribution < 1.29 is 26.3 Å². The molecule has 1 aliphatic heterocycles. The molecule has 2 heterocycles. The Morgan fingerprint density at radius 2 is 1.87 bits per heavy atom. The van der Waals surface area contributed by atoms with Gasteiger partial charge in [0.15, 0.2) is 5.75 Å². The number of halogens is 4. The number of hydrogen-bond acceptors (Lipinski definition) is 6. The van der Waals surface area contributed by atoms with Crippen LogP contribution >= 0.6 is 11.6 Å². The van der Waals surface area contributed by atoms with E-state index in [0.29, 0.717) is 42.6 Å². The Labute approximate surface area is 235 Å². The summed E-state index contributed by atoms with van der Waals surface area (Å²) in [7, 11) is 0. The highest BCUT2D eigenvalue weighted by atomic mass is 35.5. The van der Waals surface area contributed by atoms with Gasteiger partial charge in [-0.05, 0) is 76.1 Å². The van der Waals surface area contributed by atoms with Crippen LogP contribution in [0.1, 0.15) is 71.4 Å². The molecule has 1 aliphatic carbocycles. The van der Waals surface area contributed by atoms with Crippen LogP contribution in [0.4, 0.5) is 19.1 Å². The molecule has 0 bridgehead atoms. The number of rotatable bonds is 10. The van der Waals surface area contributed by atoms with Crippen molar-refractivity contribution in [2.45, 2.75) is 96.7 Å². The molecule has 216 valence electrons. The van der Waals surface area contributed by atoms with Gasteiger partial charge in [-0.1, -0.05) is 25.4 Å². The summed E-state index contributed by atoms with van der Waals surface area (Å²) >= 11 is 4.52. The molecule has 0 amide bonds. The van der Waals surface area contributed by atoms with E-state index in [1.165, 1.54) is 0 Å². The summed E-state index contributed by atoms with van der Waals surface area (Å²) in [5.74, 6) is 1.20. The Morgan fingerprint density at radius 3 is 2.41 bits per heavy atom. The van der Waals surface area contributed by atoms with Gasteiger partial charge in [0.25, 0.3) is 0 Å². The lowest BCUT2D eigenvalue weighted by Crippen LogP contribution is -2.58. The zero-order valence-corrected chi connectivity index (χ0v) is 24.4. The second-order valence-corrected chi connectivity index (χ2v) is 12.1. The maximum absolute atomic E-state index is 13.6. The second-order valence-electron chi connectivity index (χ2n) is 10.7. The SMILES string of the molecule is CCOc1cnc(N(Cc2cc(Cl)cc(C(F)(F)F)c2)[C@@H]2C[C@H](CC)N(S(=O)OC(C)C)C3(C2)C[C@H]3C)nc1. The maximum atomic E-state index is 13.6. The van der Waals surface area contributed by atoms with Gasteiger partial charge in [0.1, 0.15) is 0 Å². The predicted molar refractivity (Wildman–Crippen MR) is 146 cm³/mol. The molecule has 1 saturated heterocycles. The molecule has 1 aromatic carbocycles. The number of benzene rings is 1. The van der Waals surface area contributed by atoms with Crippen LogP contribution in [0, 0.1) is 5.92 Å². The smallest absolute Gasteiger partial charge is 0.416 e. The van der Waals surface area contributed by atoms with Gasteiger partial charge in [0.2, 0.25) is 17.2 Å². The minimum atomic E-state index is -4.52. The van der Waals surface area contributed by atoms with Crippen molar-refractivity contribution in [2.75, 3.05) is 11.5 Å². The minimum absolute atomic E-state index is 0.0159. The van der Waals surface area contributed by atoms with Gasteiger partial charge in [-0.2, -0.15) is 17.5 Å². The third-order valence-corrected chi connectivity index (χ3v) is 9.24. The van der Waals surface area contributed by atoms with Gasteiger partial charge < -0.3 is 9.64 Å². The fourth-order valence-corrected chi connectivity index (χ4v) is 7.42. The van der Waals surface area contributed by atoms with E-state index >= 15 is 0 Å². The molecule has 4 rings (SSSR count). The summed E-state index contributed by atoms with van der Waals surface area (Å²) < 4.78 is 67.3. The van der Waals surface area contributed by atoms with E-state index in [2.05, 4.69) is 23.8 Å². The summed E-state index contributed by atoms with van der Waals surface area (Å²) in [4.78, 5) is 11.0. The van der Waals surface area contributed by atoms with Gasteiger partial charge in [-0.3, -0.25) is 4.18 Å². The normalized spacial score (nSPS) is 26.2. The Morgan fingerprint density at radius 1 is 1.21 bits per heavy atom. The first-order valence-electron chi connectivity index (χ1n) is 13.3. The highest BCUT2D eigenvalue weighted by Crippen LogP contribution is 2.57. The molecule has 1 spiro atoms. The first kappa shape index (κ1) is 30.0. The van der Waals surface area contributed by atoms with E-state index in [4.69, 9.17) is 20.5 Å². The van der Waals surface area contributed by atoms with E-state index in [0.717, 1.165) is 25.0 Å². The summed E-state index contributed by atoms with van der Waals surface area (Å²) in [6, 6.07) is 3.44. The number of ether oxygens (including phenoxy) is 1. The number of alkyl halides is 3. The van der Waals surface area contributed by atoms with Crippen molar-refractivity contribution in [1.82, 2.24) is 14.3 Å². The molecule has 1 saturated carbocycles. The molecule has 0 radical (unpaired) electrons. The molecule has 2 fully saturated rings. The zero-order chi connectivity index (χ0) is 28.5. The van der Waals surface area contributed by atoms with Crippen molar-refractivity contribution in [3.63, 3.8) is 0 Å². The number of aromatic nitrogens is 2. The number of hydrogen-bond donors (Lipinski definition) is 0. The van der Waals surface area contributed by atoms with Gasteiger partial charge in [0.05, 0.1) is 30.7 Å². The van der Waals surface area contributed by atoms with Crippen LogP contribution in [-0.2, 0) is 28.2 Å². The van der Waals surface area contributed by atoms with Gasteiger partial charge in [0, 0.05) is 29.2 Å². The summed E-state index contributed by atoms with van der Waals surface area (Å²) in [6.07, 6.45) is 1.32. The Bertz CT molecular complexity index is 1170. The molecule has 2 unspecified atom stereocenters. The molecule has 39 heavy (non-hydrogen) atoms. The lowest BCUT2D eigenvalue weighted by Gasteiger charge is -2.48. The van der Waals surface area contributed by atoms with Gasteiger partial charge >= 0.3 is 6.18 Å². The molecule has 1 aromatic heterocycles. The standard InChI is InChI=1S/C27H36ClF3N4O3S/c1-6-22-11-23(13-26(12-18(26)5)35(22)39(36)38-17(3)4)34(25-32-14-24(15-33-25)37-7-2)16-19-8-20(27(29,30)31)10-21(28)9-19/h8-10,14-15,17-18,22-23H,6-7,11-13,16H2,1-5H3/t18-,22+,23-,26?,39?/m1/s1. The lowest BCUT2D eigenvalue weighted by atomic mass is 9.88. The van der Waals surface area contributed by atoms with Crippen LogP contribution in [0.3, 0.4) is 0 Å². The van der Waals surface area contributed by atoms with Crippen LogP contribution in [-0.4, -0.2) is 48.8 Å². The van der Waals surface area contributed by atoms with Crippen LogP contribution in [0.2, 0.25) is 5.02 Å². The molecule has 12 heteroatoms. The first-order valence-corrected chi connectivity index (χ1v) is 14.7. The van der Waals surface area contributed by atoms with E-state index in [-0.39, 0.29) is 35.3 Å². The van der Waals surface area contributed by atoms with E-state index < -0.39 is 23.0 Å². The van der Waals surface area contributed by atoms with Crippen LogP contribution < -0.4 is 9.64 Å². The van der Waals surface area contributed by atoms with Crippen molar-refractivity contribution in [2.24, 2.45) is 5.92 Å².